The number of hydrogen-bond acceptors (Lipinski definition) is 4. The molecule has 0 radical (unpaired) electrons. The van der Waals surface area contributed by atoms with E-state index in [0.29, 0.717) is 6.42 Å². The summed E-state index contributed by atoms with van der Waals surface area (Å²) in [4.78, 5) is 25.4. The average Bonchev–Trinajstić information content (AvgIpc) is 2.69. The Labute approximate surface area is 137 Å². The molecule has 5 nitrogen and oxygen atoms in total. The maximum atomic E-state index is 12.1. The van der Waals surface area contributed by atoms with E-state index in [1.165, 1.54) is 4.90 Å². The van der Waals surface area contributed by atoms with Gasteiger partial charge in [0.25, 0.3) is 0 Å². The fraction of sp³-hybridized carbons (Fsp3) is 0.467. The molecule has 0 saturated carbocycles. The zero-order chi connectivity index (χ0) is 15.6. The molecule has 1 heterocycles. The fourth-order valence-electron chi connectivity index (χ4n) is 2.03. The van der Waals surface area contributed by atoms with Crippen molar-refractivity contribution >= 4 is 34.7 Å². The maximum absolute atomic E-state index is 12.1. The number of esters is 1. The number of amides is 1. The topological polar surface area (TPSA) is 55.8 Å². The van der Waals surface area contributed by atoms with E-state index in [1.54, 1.807) is 20.8 Å². The van der Waals surface area contributed by atoms with Gasteiger partial charge in [-0.2, -0.15) is 0 Å². The van der Waals surface area contributed by atoms with Gasteiger partial charge in [0.1, 0.15) is 11.6 Å². The molecule has 6 heteroatoms. The van der Waals surface area contributed by atoms with Gasteiger partial charge in [-0.05, 0) is 61.1 Å². The van der Waals surface area contributed by atoms with Gasteiger partial charge in [0.15, 0.2) is 6.73 Å². The lowest BCUT2D eigenvalue weighted by molar-refractivity contribution is -0.139. The summed E-state index contributed by atoms with van der Waals surface area (Å²) in [5.41, 5.74) is 0.384. The first-order valence-corrected chi connectivity index (χ1v) is 7.75. The minimum atomic E-state index is -0.627. The molecule has 2 rings (SSSR count). The van der Waals surface area contributed by atoms with Gasteiger partial charge in [0, 0.05) is 9.99 Å². The van der Waals surface area contributed by atoms with Gasteiger partial charge in [0.05, 0.1) is 0 Å². The number of halogens is 1. The van der Waals surface area contributed by atoms with Crippen molar-refractivity contribution in [1.29, 1.82) is 0 Å². The van der Waals surface area contributed by atoms with Crippen molar-refractivity contribution in [2.45, 2.75) is 38.8 Å². The van der Waals surface area contributed by atoms with Crippen molar-refractivity contribution in [3.05, 3.63) is 33.4 Å². The molecule has 1 aliphatic rings. The van der Waals surface area contributed by atoms with Crippen LogP contribution in [0.2, 0.25) is 0 Å². The monoisotopic (exact) mass is 403 g/mol. The Morgan fingerprint density at radius 1 is 1.48 bits per heavy atom. The first-order valence-electron chi connectivity index (χ1n) is 6.67. The quantitative estimate of drug-likeness (QED) is 0.563. The zero-order valence-electron chi connectivity index (χ0n) is 12.3. The van der Waals surface area contributed by atoms with Crippen molar-refractivity contribution < 1.29 is 19.1 Å². The SMILES string of the molecule is CC(C)(C)OC(=O)N1COC(=O)C1Cc1cccc(I)c1. The fourth-order valence-corrected chi connectivity index (χ4v) is 2.64. The summed E-state index contributed by atoms with van der Waals surface area (Å²) in [7, 11) is 0. The van der Waals surface area contributed by atoms with Gasteiger partial charge in [-0.15, -0.1) is 0 Å². The molecule has 114 valence electrons. The Kier molecular flexibility index (Phi) is 4.75. The molecule has 1 aromatic rings. The lowest BCUT2D eigenvalue weighted by Crippen LogP contribution is -2.42. The summed E-state index contributed by atoms with van der Waals surface area (Å²) >= 11 is 2.21. The van der Waals surface area contributed by atoms with Crippen LogP contribution in [-0.4, -0.2) is 35.3 Å². The third-order valence-electron chi connectivity index (χ3n) is 2.94. The van der Waals surface area contributed by atoms with Crippen molar-refractivity contribution in [3.8, 4) is 0 Å². The van der Waals surface area contributed by atoms with E-state index >= 15 is 0 Å². The third-order valence-corrected chi connectivity index (χ3v) is 3.61. The highest BCUT2D eigenvalue weighted by Gasteiger charge is 2.39. The van der Waals surface area contributed by atoms with Crippen LogP contribution in [0.3, 0.4) is 0 Å². The van der Waals surface area contributed by atoms with Crippen molar-refractivity contribution in [2.24, 2.45) is 0 Å². The average molecular weight is 403 g/mol. The van der Waals surface area contributed by atoms with Crippen LogP contribution < -0.4 is 0 Å². The predicted molar refractivity (Wildman–Crippen MR) is 85.7 cm³/mol. The first-order chi connectivity index (χ1) is 9.76. The Bertz CT molecular complexity index is 553. The second kappa shape index (κ2) is 6.21. The summed E-state index contributed by atoms with van der Waals surface area (Å²) in [6, 6.07) is 7.19. The zero-order valence-corrected chi connectivity index (χ0v) is 14.4. The smallest absolute Gasteiger partial charge is 0.413 e. The van der Waals surface area contributed by atoms with Crippen LogP contribution in [0.1, 0.15) is 26.3 Å². The molecule has 0 bridgehead atoms. The van der Waals surface area contributed by atoms with Crippen LogP contribution in [0.5, 0.6) is 0 Å². The van der Waals surface area contributed by atoms with E-state index in [2.05, 4.69) is 22.6 Å². The minimum Gasteiger partial charge on any atom is -0.444 e. The lowest BCUT2D eigenvalue weighted by atomic mass is 10.1. The largest absolute Gasteiger partial charge is 0.444 e. The van der Waals surface area contributed by atoms with Gasteiger partial charge in [-0.1, -0.05) is 12.1 Å². The molecule has 1 amide bonds. The number of carbonyl (C=O) groups excluding carboxylic acids is 2. The Morgan fingerprint density at radius 2 is 2.19 bits per heavy atom. The second-order valence-electron chi connectivity index (χ2n) is 5.89. The van der Waals surface area contributed by atoms with Gasteiger partial charge in [-0.25, -0.2) is 9.59 Å². The van der Waals surface area contributed by atoms with Crippen molar-refractivity contribution in [1.82, 2.24) is 4.90 Å². The van der Waals surface area contributed by atoms with E-state index in [4.69, 9.17) is 9.47 Å². The van der Waals surface area contributed by atoms with Crippen LogP contribution in [-0.2, 0) is 20.7 Å². The molecule has 0 N–H and O–H groups in total. The minimum absolute atomic E-state index is 0.0532. The summed E-state index contributed by atoms with van der Waals surface area (Å²) in [6.45, 7) is 5.32. The number of nitrogens with zero attached hydrogens (tertiary/aromatic N) is 1. The van der Waals surface area contributed by atoms with Gasteiger partial charge in [-0.3, -0.25) is 4.90 Å². The van der Waals surface area contributed by atoms with E-state index in [9.17, 15) is 9.59 Å². The Hall–Kier alpha value is -1.31. The summed E-state index contributed by atoms with van der Waals surface area (Å²) in [5, 5.41) is 0. The number of carbonyl (C=O) groups is 2. The number of benzene rings is 1. The molecule has 0 aromatic heterocycles. The summed E-state index contributed by atoms with van der Waals surface area (Å²) < 4.78 is 11.4. The van der Waals surface area contributed by atoms with Crippen LogP contribution in [0, 0.1) is 3.57 Å². The van der Waals surface area contributed by atoms with E-state index in [0.717, 1.165) is 9.13 Å². The van der Waals surface area contributed by atoms with Crippen molar-refractivity contribution in [3.63, 3.8) is 0 Å². The van der Waals surface area contributed by atoms with Crippen LogP contribution in [0.15, 0.2) is 24.3 Å². The molecule has 1 fully saturated rings. The van der Waals surface area contributed by atoms with E-state index in [-0.39, 0.29) is 12.7 Å². The van der Waals surface area contributed by atoms with Crippen LogP contribution >= 0.6 is 22.6 Å². The lowest BCUT2D eigenvalue weighted by Gasteiger charge is -2.25. The van der Waals surface area contributed by atoms with E-state index in [1.807, 2.05) is 24.3 Å². The van der Waals surface area contributed by atoms with Crippen LogP contribution in [0.4, 0.5) is 4.79 Å². The van der Waals surface area contributed by atoms with Crippen molar-refractivity contribution in [2.75, 3.05) is 6.73 Å². The number of rotatable bonds is 2. The maximum Gasteiger partial charge on any atom is 0.413 e. The highest BCUT2D eigenvalue weighted by Crippen LogP contribution is 2.21. The highest BCUT2D eigenvalue weighted by molar-refractivity contribution is 14.1. The molecule has 0 aliphatic carbocycles. The van der Waals surface area contributed by atoms with Gasteiger partial charge < -0.3 is 9.47 Å². The molecule has 1 atom stereocenters. The molecule has 1 unspecified atom stereocenters. The molecule has 0 spiro atoms. The summed E-state index contributed by atoms with van der Waals surface area (Å²) in [6.07, 6.45) is -0.0986. The highest BCUT2D eigenvalue weighted by atomic mass is 127. The van der Waals surface area contributed by atoms with Crippen LogP contribution in [0.25, 0.3) is 0 Å². The normalized spacial score (nSPS) is 18.6. The molecule has 1 saturated heterocycles. The Balaban J connectivity index is 2.12. The predicted octanol–water partition coefficient (Wildman–Crippen LogP) is 2.95. The molecular formula is C15H18INO4. The summed E-state index contributed by atoms with van der Waals surface area (Å²) in [5.74, 6) is -0.389. The first kappa shape index (κ1) is 16.1. The third kappa shape index (κ3) is 4.33. The van der Waals surface area contributed by atoms with Gasteiger partial charge >= 0.3 is 12.1 Å². The van der Waals surface area contributed by atoms with Gasteiger partial charge in [0.2, 0.25) is 0 Å². The molecular weight excluding hydrogens is 385 g/mol. The Morgan fingerprint density at radius 3 is 2.81 bits per heavy atom. The number of cyclic esters (lactones) is 1. The number of hydrogen-bond donors (Lipinski definition) is 0. The van der Waals surface area contributed by atoms with E-state index < -0.39 is 17.7 Å². The molecule has 1 aliphatic heterocycles. The number of ether oxygens (including phenoxy) is 2. The standard InChI is InChI=1S/C15H18INO4/c1-15(2,3)21-14(19)17-9-20-13(18)12(17)8-10-5-4-6-11(16)7-10/h4-7,12H,8-9H2,1-3H3. The molecule has 21 heavy (non-hydrogen) atoms. The molecule has 1 aromatic carbocycles. The second-order valence-corrected chi connectivity index (χ2v) is 7.14.